The van der Waals surface area contributed by atoms with E-state index in [9.17, 15) is 9.59 Å². The molecule has 2 aliphatic rings. The number of nitrogens with zero attached hydrogens (tertiary/aromatic N) is 3. The molecule has 1 N–H and O–H groups in total. The summed E-state index contributed by atoms with van der Waals surface area (Å²) in [5, 5.41) is 8.16. The van der Waals surface area contributed by atoms with E-state index in [0.717, 1.165) is 48.4 Å². The molecule has 0 radical (unpaired) electrons. The molecule has 5 rings (SSSR count). The van der Waals surface area contributed by atoms with Crippen LogP contribution in [0.5, 0.6) is 0 Å². The van der Waals surface area contributed by atoms with Crippen molar-refractivity contribution in [2.75, 3.05) is 16.8 Å². The number of hydrogen-bond acceptors (Lipinski definition) is 3. The number of nitrogens with one attached hydrogen (secondary N) is 1. The fourth-order valence-corrected chi connectivity index (χ4v) is 4.22. The summed E-state index contributed by atoms with van der Waals surface area (Å²) in [6.07, 6.45) is 5.21. The summed E-state index contributed by atoms with van der Waals surface area (Å²) in [6.45, 7) is 2.71. The molecule has 0 spiro atoms. The lowest BCUT2D eigenvalue weighted by atomic mass is 10.1. The van der Waals surface area contributed by atoms with E-state index in [1.807, 2.05) is 54.1 Å². The molecule has 2 heterocycles. The predicted octanol–water partition coefficient (Wildman–Crippen LogP) is 5.09. The monoisotopic (exact) mass is 434 g/mol. The van der Waals surface area contributed by atoms with Gasteiger partial charge in [-0.25, -0.2) is 4.68 Å². The Bertz CT molecular complexity index is 1160. The zero-order valence-corrected chi connectivity index (χ0v) is 18.0. The van der Waals surface area contributed by atoms with Crippen molar-refractivity contribution in [2.24, 2.45) is 0 Å². The molecule has 3 aromatic rings. The van der Waals surface area contributed by atoms with Gasteiger partial charge in [-0.3, -0.25) is 9.59 Å². The molecule has 2 aromatic carbocycles. The number of amides is 2. The molecule has 1 saturated carbocycles. The lowest BCUT2D eigenvalue weighted by Crippen LogP contribution is -2.23. The molecular weight excluding hydrogens is 412 g/mol. The van der Waals surface area contributed by atoms with E-state index in [-0.39, 0.29) is 11.8 Å². The maximum atomic E-state index is 13.1. The summed E-state index contributed by atoms with van der Waals surface area (Å²) >= 11 is 6.31. The normalized spacial score (nSPS) is 16.1. The van der Waals surface area contributed by atoms with Gasteiger partial charge in [0.05, 0.1) is 23.1 Å². The van der Waals surface area contributed by atoms with Crippen LogP contribution in [0.3, 0.4) is 0 Å². The molecule has 2 amide bonds. The summed E-state index contributed by atoms with van der Waals surface area (Å²) in [5.74, 6) is 0.290. The highest BCUT2D eigenvalue weighted by Gasteiger charge is 2.33. The smallest absolute Gasteiger partial charge is 0.259 e. The van der Waals surface area contributed by atoms with Crippen LogP contribution in [0.1, 0.15) is 53.2 Å². The largest absolute Gasteiger partial charge is 0.322 e. The van der Waals surface area contributed by atoms with E-state index < -0.39 is 0 Å². The third-order valence-corrected chi connectivity index (χ3v) is 6.33. The van der Waals surface area contributed by atoms with Gasteiger partial charge in [0, 0.05) is 35.3 Å². The van der Waals surface area contributed by atoms with Crippen molar-refractivity contribution < 1.29 is 9.59 Å². The maximum Gasteiger partial charge on any atom is 0.259 e. The van der Waals surface area contributed by atoms with E-state index >= 15 is 0 Å². The second-order valence-corrected chi connectivity index (χ2v) is 8.62. The van der Waals surface area contributed by atoms with Crippen molar-refractivity contribution in [3.63, 3.8) is 0 Å². The average Bonchev–Trinajstić information content (AvgIpc) is 3.36. The van der Waals surface area contributed by atoms with Crippen molar-refractivity contribution in [1.82, 2.24) is 9.78 Å². The topological polar surface area (TPSA) is 67.2 Å². The molecule has 1 aliphatic heterocycles. The Morgan fingerprint density at radius 3 is 2.52 bits per heavy atom. The minimum atomic E-state index is -0.184. The van der Waals surface area contributed by atoms with Crippen LogP contribution >= 0.6 is 11.6 Å². The van der Waals surface area contributed by atoms with Gasteiger partial charge in [-0.15, -0.1) is 0 Å². The first kappa shape index (κ1) is 19.8. The van der Waals surface area contributed by atoms with E-state index in [2.05, 4.69) is 10.4 Å². The molecule has 0 bridgehead atoms. The van der Waals surface area contributed by atoms with Gasteiger partial charge >= 0.3 is 0 Å². The number of halogens is 1. The maximum absolute atomic E-state index is 13.1. The third-order valence-electron chi connectivity index (χ3n) is 5.93. The highest BCUT2D eigenvalue weighted by Crippen LogP contribution is 2.43. The van der Waals surface area contributed by atoms with Crippen LogP contribution < -0.4 is 10.2 Å². The number of anilines is 2. The van der Waals surface area contributed by atoms with Crippen molar-refractivity contribution in [3.8, 4) is 5.69 Å². The standard InChI is InChI=1S/C24H23ClN4O2/c1-15-4-9-19(13-21(15)25)29-23(16-5-6-16)20(14-26-29)24(31)27-17-7-10-18(11-8-17)28-12-2-3-22(28)30/h4,7-11,13-14,16H,2-3,5-6,12H2,1H3,(H,27,31). The van der Waals surface area contributed by atoms with Crippen LogP contribution in [0, 0.1) is 6.92 Å². The van der Waals surface area contributed by atoms with Gasteiger partial charge in [0.2, 0.25) is 5.91 Å². The van der Waals surface area contributed by atoms with Gasteiger partial charge in [0.15, 0.2) is 0 Å². The van der Waals surface area contributed by atoms with Crippen molar-refractivity contribution in [1.29, 1.82) is 0 Å². The highest BCUT2D eigenvalue weighted by molar-refractivity contribution is 6.31. The van der Waals surface area contributed by atoms with Crippen LogP contribution in [0.2, 0.25) is 5.02 Å². The second-order valence-electron chi connectivity index (χ2n) is 8.21. The van der Waals surface area contributed by atoms with Gasteiger partial charge in [-0.2, -0.15) is 5.10 Å². The number of rotatable bonds is 5. The second kappa shape index (κ2) is 7.85. The first-order chi connectivity index (χ1) is 15.0. The van der Waals surface area contributed by atoms with Crippen LogP contribution in [0.4, 0.5) is 11.4 Å². The summed E-state index contributed by atoms with van der Waals surface area (Å²) in [6, 6.07) is 13.2. The minimum absolute atomic E-state index is 0.148. The lowest BCUT2D eigenvalue weighted by molar-refractivity contribution is -0.117. The van der Waals surface area contributed by atoms with Crippen molar-refractivity contribution in [3.05, 3.63) is 70.5 Å². The molecule has 0 atom stereocenters. The Hall–Kier alpha value is -3.12. The Morgan fingerprint density at radius 2 is 1.87 bits per heavy atom. The molecular formula is C24H23ClN4O2. The first-order valence-electron chi connectivity index (χ1n) is 10.6. The van der Waals surface area contributed by atoms with E-state index in [0.29, 0.717) is 28.6 Å². The summed E-state index contributed by atoms with van der Waals surface area (Å²) in [5.41, 5.74) is 4.92. The molecule has 0 unspecified atom stereocenters. The molecule has 1 saturated heterocycles. The Labute approximate surface area is 185 Å². The van der Waals surface area contributed by atoms with Crippen LogP contribution in [-0.4, -0.2) is 28.1 Å². The minimum Gasteiger partial charge on any atom is -0.322 e. The zero-order valence-electron chi connectivity index (χ0n) is 17.3. The van der Waals surface area contributed by atoms with E-state index in [4.69, 9.17) is 11.6 Å². The van der Waals surface area contributed by atoms with Gasteiger partial charge in [-0.1, -0.05) is 17.7 Å². The Morgan fingerprint density at radius 1 is 1.13 bits per heavy atom. The molecule has 1 aromatic heterocycles. The van der Waals surface area contributed by atoms with E-state index in [1.54, 1.807) is 11.1 Å². The van der Waals surface area contributed by atoms with Gasteiger partial charge < -0.3 is 10.2 Å². The van der Waals surface area contributed by atoms with E-state index in [1.165, 1.54) is 0 Å². The molecule has 6 nitrogen and oxygen atoms in total. The molecule has 158 valence electrons. The molecule has 31 heavy (non-hydrogen) atoms. The van der Waals surface area contributed by atoms with Gasteiger partial charge in [-0.05, 0) is 68.1 Å². The first-order valence-corrected chi connectivity index (χ1v) is 11.0. The Balaban J connectivity index is 1.39. The van der Waals surface area contributed by atoms with Gasteiger partial charge in [0.25, 0.3) is 5.91 Å². The predicted molar refractivity (Wildman–Crippen MR) is 121 cm³/mol. The van der Waals surface area contributed by atoms with Crippen LogP contribution in [-0.2, 0) is 4.79 Å². The number of aryl methyl sites for hydroxylation is 1. The number of hydrogen-bond donors (Lipinski definition) is 1. The molecule has 7 heteroatoms. The van der Waals surface area contributed by atoms with Crippen molar-refractivity contribution in [2.45, 2.75) is 38.5 Å². The summed E-state index contributed by atoms with van der Waals surface area (Å²) < 4.78 is 1.83. The average molecular weight is 435 g/mol. The lowest BCUT2D eigenvalue weighted by Gasteiger charge is -2.16. The fourth-order valence-electron chi connectivity index (χ4n) is 4.05. The van der Waals surface area contributed by atoms with Crippen molar-refractivity contribution >= 4 is 34.8 Å². The highest BCUT2D eigenvalue weighted by atomic mass is 35.5. The number of carbonyl (C=O) groups excluding carboxylic acids is 2. The number of aromatic nitrogens is 2. The SMILES string of the molecule is Cc1ccc(-n2ncc(C(=O)Nc3ccc(N4CCCC4=O)cc3)c2C2CC2)cc1Cl. The number of carbonyl (C=O) groups is 2. The van der Waals surface area contributed by atoms with Gasteiger partial charge in [0.1, 0.15) is 0 Å². The quantitative estimate of drug-likeness (QED) is 0.608. The summed E-state index contributed by atoms with van der Waals surface area (Å²) in [7, 11) is 0. The van der Waals surface area contributed by atoms with Crippen LogP contribution in [0.25, 0.3) is 5.69 Å². The number of benzene rings is 2. The van der Waals surface area contributed by atoms with Crippen LogP contribution in [0.15, 0.2) is 48.7 Å². The Kier molecular flexibility index (Phi) is 5.02. The zero-order chi connectivity index (χ0) is 21.5. The molecule has 1 aliphatic carbocycles. The molecule has 2 fully saturated rings. The summed E-state index contributed by atoms with van der Waals surface area (Å²) in [4.78, 5) is 26.8. The third kappa shape index (κ3) is 3.83. The fraction of sp³-hybridized carbons (Fsp3) is 0.292.